The molecular weight excluding hydrogens is 364 g/mol. The van der Waals surface area contributed by atoms with Gasteiger partial charge in [0.15, 0.2) is 0 Å². The van der Waals surface area contributed by atoms with Gasteiger partial charge in [-0.15, -0.1) is 5.10 Å². The first-order valence-electron chi connectivity index (χ1n) is 8.33. The Hall–Kier alpha value is -4.01. The molecule has 28 heavy (non-hydrogen) atoms. The highest BCUT2D eigenvalue weighted by atomic mass is 16.6. The Balaban J connectivity index is 1.55. The van der Waals surface area contributed by atoms with E-state index in [0.717, 1.165) is 10.9 Å². The molecule has 0 atom stereocenters. The summed E-state index contributed by atoms with van der Waals surface area (Å²) in [5, 5.41) is 19.9. The van der Waals surface area contributed by atoms with Gasteiger partial charge < -0.3 is 9.15 Å². The molecule has 0 N–H and O–H groups in total. The monoisotopic (exact) mass is 378 g/mol. The molecule has 0 saturated heterocycles. The SMILES string of the molecule is Cc1cc(=O)oc2cc(OCc3cn(-c4ccccc4[N+](=O)[O-])nn3)ccc12. The van der Waals surface area contributed by atoms with E-state index in [4.69, 9.17) is 9.15 Å². The average Bonchev–Trinajstić information content (AvgIpc) is 3.15. The van der Waals surface area contributed by atoms with E-state index in [1.165, 1.54) is 16.8 Å². The van der Waals surface area contributed by atoms with Gasteiger partial charge >= 0.3 is 5.63 Å². The summed E-state index contributed by atoms with van der Waals surface area (Å²) >= 11 is 0. The number of fused-ring (bicyclic) bond motifs is 1. The molecule has 9 nitrogen and oxygen atoms in total. The lowest BCUT2D eigenvalue weighted by atomic mass is 10.1. The quantitative estimate of drug-likeness (QED) is 0.298. The number of ether oxygens (including phenoxy) is 1. The second kappa shape index (κ2) is 6.95. The Morgan fingerprint density at radius 3 is 2.86 bits per heavy atom. The number of rotatable bonds is 5. The van der Waals surface area contributed by atoms with Crippen LogP contribution in [0.4, 0.5) is 5.69 Å². The second-order valence-electron chi connectivity index (χ2n) is 6.10. The molecule has 0 aliphatic carbocycles. The van der Waals surface area contributed by atoms with Crippen LogP contribution in [0.3, 0.4) is 0 Å². The third-order valence-corrected chi connectivity index (χ3v) is 4.18. The van der Waals surface area contributed by atoms with E-state index >= 15 is 0 Å². The Kier molecular flexibility index (Phi) is 4.32. The summed E-state index contributed by atoms with van der Waals surface area (Å²) in [5.41, 5.74) is 1.57. The molecule has 0 amide bonds. The second-order valence-corrected chi connectivity index (χ2v) is 6.10. The number of nitro groups is 1. The zero-order valence-corrected chi connectivity index (χ0v) is 14.7. The first kappa shape index (κ1) is 17.4. The van der Waals surface area contributed by atoms with Crippen LogP contribution in [-0.2, 0) is 6.61 Å². The fourth-order valence-corrected chi connectivity index (χ4v) is 2.85. The van der Waals surface area contributed by atoms with Gasteiger partial charge in [0.05, 0.1) is 11.1 Å². The molecule has 0 saturated carbocycles. The fraction of sp³-hybridized carbons (Fsp3) is 0.105. The molecule has 140 valence electrons. The van der Waals surface area contributed by atoms with Crippen molar-refractivity contribution in [2.24, 2.45) is 0 Å². The molecule has 0 aliphatic heterocycles. The van der Waals surface area contributed by atoms with Crippen molar-refractivity contribution in [1.82, 2.24) is 15.0 Å². The Labute approximate surface area is 157 Å². The van der Waals surface area contributed by atoms with Gasteiger partial charge in [-0.2, -0.15) is 0 Å². The number of aryl methyl sites for hydroxylation is 1. The van der Waals surface area contributed by atoms with Crippen molar-refractivity contribution in [1.29, 1.82) is 0 Å². The highest BCUT2D eigenvalue weighted by Crippen LogP contribution is 2.24. The Morgan fingerprint density at radius 1 is 1.21 bits per heavy atom. The van der Waals surface area contributed by atoms with Crippen molar-refractivity contribution in [2.75, 3.05) is 0 Å². The van der Waals surface area contributed by atoms with Crippen molar-refractivity contribution >= 4 is 16.7 Å². The average molecular weight is 378 g/mol. The Bertz CT molecular complexity index is 1240. The van der Waals surface area contributed by atoms with E-state index in [2.05, 4.69) is 10.3 Å². The lowest BCUT2D eigenvalue weighted by Crippen LogP contribution is -2.00. The van der Waals surface area contributed by atoms with E-state index in [-0.39, 0.29) is 12.3 Å². The number of benzene rings is 2. The predicted octanol–water partition coefficient (Wildman–Crippen LogP) is 3.17. The van der Waals surface area contributed by atoms with Crippen molar-refractivity contribution in [2.45, 2.75) is 13.5 Å². The van der Waals surface area contributed by atoms with Gasteiger partial charge in [-0.1, -0.05) is 17.3 Å². The third-order valence-electron chi connectivity index (χ3n) is 4.18. The van der Waals surface area contributed by atoms with Crippen LogP contribution in [0.1, 0.15) is 11.3 Å². The molecule has 4 rings (SSSR count). The molecule has 0 aliphatic rings. The lowest BCUT2D eigenvalue weighted by molar-refractivity contribution is -0.384. The molecule has 0 radical (unpaired) electrons. The Morgan fingerprint density at radius 2 is 2.04 bits per heavy atom. The van der Waals surface area contributed by atoms with Gasteiger partial charge in [-0.25, -0.2) is 9.48 Å². The molecule has 0 fully saturated rings. The minimum Gasteiger partial charge on any atom is -0.487 e. The number of nitro benzene ring substituents is 1. The minimum atomic E-state index is -0.474. The van der Waals surface area contributed by atoms with Crippen molar-refractivity contribution in [3.63, 3.8) is 0 Å². The summed E-state index contributed by atoms with van der Waals surface area (Å²) in [5.74, 6) is 0.501. The molecular formula is C19H14N4O5. The number of nitrogens with zero attached hydrogens (tertiary/aromatic N) is 4. The summed E-state index contributed by atoms with van der Waals surface area (Å²) in [6.07, 6.45) is 1.56. The topological polar surface area (TPSA) is 113 Å². The lowest BCUT2D eigenvalue weighted by Gasteiger charge is -2.06. The molecule has 2 aromatic carbocycles. The molecule has 0 bridgehead atoms. The van der Waals surface area contributed by atoms with Crippen LogP contribution < -0.4 is 10.4 Å². The molecule has 9 heteroatoms. The van der Waals surface area contributed by atoms with Crippen LogP contribution >= 0.6 is 0 Å². The van der Waals surface area contributed by atoms with Crippen molar-refractivity contribution in [3.8, 4) is 11.4 Å². The zero-order chi connectivity index (χ0) is 19.7. The highest BCUT2D eigenvalue weighted by Gasteiger charge is 2.16. The molecule has 2 heterocycles. The number of hydrogen-bond donors (Lipinski definition) is 0. The zero-order valence-electron chi connectivity index (χ0n) is 14.7. The summed E-state index contributed by atoms with van der Waals surface area (Å²) in [4.78, 5) is 22.2. The van der Waals surface area contributed by atoms with Crippen molar-refractivity contribution in [3.05, 3.63) is 86.5 Å². The van der Waals surface area contributed by atoms with Crippen LogP contribution in [0, 0.1) is 17.0 Å². The van der Waals surface area contributed by atoms with Crippen LogP contribution in [0.2, 0.25) is 0 Å². The fourth-order valence-electron chi connectivity index (χ4n) is 2.85. The van der Waals surface area contributed by atoms with Crippen LogP contribution in [-0.4, -0.2) is 19.9 Å². The number of hydrogen-bond acceptors (Lipinski definition) is 7. The maximum Gasteiger partial charge on any atom is 0.336 e. The summed E-state index contributed by atoms with van der Waals surface area (Å²) in [7, 11) is 0. The van der Waals surface area contributed by atoms with Gasteiger partial charge in [0.25, 0.3) is 5.69 Å². The first-order valence-corrected chi connectivity index (χ1v) is 8.33. The maximum atomic E-state index is 11.5. The standard InChI is InChI=1S/C19H14N4O5/c1-12-8-19(24)28-18-9-14(6-7-15(12)18)27-11-13-10-22(21-20-13)16-4-2-3-5-17(16)23(25)26/h2-10H,11H2,1H3. The van der Waals surface area contributed by atoms with Gasteiger partial charge in [0.1, 0.15) is 29.3 Å². The molecule has 4 aromatic rings. The largest absolute Gasteiger partial charge is 0.487 e. The van der Waals surface area contributed by atoms with Crippen LogP contribution in [0.25, 0.3) is 16.7 Å². The smallest absolute Gasteiger partial charge is 0.336 e. The van der Waals surface area contributed by atoms with E-state index < -0.39 is 10.5 Å². The van der Waals surface area contributed by atoms with Crippen LogP contribution in [0.5, 0.6) is 5.75 Å². The van der Waals surface area contributed by atoms with Gasteiger partial charge in [-0.3, -0.25) is 10.1 Å². The van der Waals surface area contributed by atoms with Gasteiger partial charge in [0.2, 0.25) is 0 Å². The third kappa shape index (κ3) is 3.32. The van der Waals surface area contributed by atoms with E-state index in [0.29, 0.717) is 22.7 Å². The minimum absolute atomic E-state index is 0.0696. The van der Waals surface area contributed by atoms with E-state index in [1.807, 2.05) is 13.0 Å². The summed E-state index contributed by atoms with van der Waals surface area (Å²) in [6, 6.07) is 12.9. The highest BCUT2D eigenvalue weighted by molar-refractivity contribution is 5.81. The van der Waals surface area contributed by atoms with E-state index in [9.17, 15) is 14.9 Å². The normalized spacial score (nSPS) is 10.9. The summed E-state index contributed by atoms with van der Waals surface area (Å²) in [6.45, 7) is 1.93. The number of aromatic nitrogens is 3. The predicted molar refractivity (Wildman–Crippen MR) is 99.6 cm³/mol. The maximum absolute atomic E-state index is 11.5. The van der Waals surface area contributed by atoms with E-state index in [1.54, 1.807) is 36.5 Å². The van der Waals surface area contributed by atoms with Crippen molar-refractivity contribution < 1.29 is 14.1 Å². The molecule has 0 spiro atoms. The van der Waals surface area contributed by atoms with Gasteiger partial charge in [-0.05, 0) is 30.7 Å². The first-order chi connectivity index (χ1) is 13.5. The van der Waals surface area contributed by atoms with Crippen LogP contribution in [0.15, 0.2) is 63.9 Å². The summed E-state index contributed by atoms with van der Waals surface area (Å²) < 4.78 is 12.2. The number of para-hydroxylation sites is 2. The molecule has 0 unspecified atom stereocenters. The van der Waals surface area contributed by atoms with Gasteiger partial charge in [0, 0.05) is 23.6 Å². The molecule has 2 aromatic heterocycles.